The van der Waals surface area contributed by atoms with Gasteiger partial charge in [0.2, 0.25) is 0 Å². The summed E-state index contributed by atoms with van der Waals surface area (Å²) >= 11 is 7.29. The molecule has 0 aliphatic rings. The number of aromatic nitrogens is 1. The van der Waals surface area contributed by atoms with Gasteiger partial charge in [0.1, 0.15) is 0 Å². The zero-order valence-electron chi connectivity index (χ0n) is 17.3. The molecule has 4 nitrogen and oxygen atoms in total. The first-order valence-electron chi connectivity index (χ1n) is 10.2. The topological polar surface area (TPSA) is 73.3 Å². The number of unbranched alkanes of at least 4 members (excludes halogenated alkanes) is 3. The van der Waals surface area contributed by atoms with E-state index in [2.05, 4.69) is 81.9 Å². The molecule has 3 N–H and O–H groups in total. The van der Waals surface area contributed by atoms with Gasteiger partial charge in [-0.2, -0.15) is 0 Å². The zero-order chi connectivity index (χ0) is 21.6. The van der Waals surface area contributed by atoms with E-state index in [0.29, 0.717) is 6.42 Å². The smallest absolute Gasteiger partial charge is 0.325 e. The lowest BCUT2D eigenvalue weighted by Crippen LogP contribution is -1.94. The molecule has 1 heterocycles. The molecule has 0 saturated carbocycles. The van der Waals surface area contributed by atoms with E-state index in [4.69, 9.17) is 9.79 Å². The number of hydrogen-bond acceptors (Lipinski definition) is 1. The number of benzene rings is 2. The van der Waals surface area contributed by atoms with Crippen LogP contribution < -0.4 is 0 Å². The quantitative estimate of drug-likeness (QED) is 0.210. The number of rotatable bonds is 7. The predicted octanol–water partition coefficient (Wildman–Crippen LogP) is 7.72. The molecule has 3 rings (SSSR count). The van der Waals surface area contributed by atoms with Crippen molar-refractivity contribution in [2.45, 2.75) is 59.3 Å². The summed E-state index contributed by atoms with van der Waals surface area (Å²) < 4.78 is 12.6. The lowest BCUT2D eigenvalue weighted by atomic mass is 9.99. The summed E-state index contributed by atoms with van der Waals surface area (Å²) in [6.07, 6.45) is 5.90. The summed E-state index contributed by atoms with van der Waals surface area (Å²) in [6, 6.07) is 8.65. The van der Waals surface area contributed by atoms with Gasteiger partial charge in [0.05, 0.1) is 5.52 Å². The van der Waals surface area contributed by atoms with Crippen LogP contribution in [-0.4, -0.2) is 20.9 Å². The third kappa shape index (κ3) is 6.67. The van der Waals surface area contributed by atoms with E-state index >= 15 is 0 Å². The number of hydrogen-bond donors (Lipinski definition) is 3. The molecule has 0 fully saturated rings. The fraction of sp³-hybridized carbons (Fsp3) is 0.455. The van der Waals surface area contributed by atoms with Gasteiger partial charge in [-0.05, 0) is 54.7 Å². The fourth-order valence-corrected chi connectivity index (χ4v) is 5.34. The van der Waals surface area contributed by atoms with Crippen molar-refractivity contribution in [2.24, 2.45) is 0 Å². The minimum Gasteiger partial charge on any atom is -0.354 e. The molecule has 1 aromatic heterocycles. The Bertz CT molecular complexity index is 1010. The van der Waals surface area contributed by atoms with Crippen LogP contribution in [0.5, 0.6) is 0 Å². The van der Waals surface area contributed by atoms with Gasteiger partial charge in [-0.1, -0.05) is 71.9 Å². The third-order valence-corrected chi connectivity index (χ3v) is 7.14. The highest BCUT2D eigenvalue weighted by Crippen LogP contribution is 2.36. The lowest BCUT2D eigenvalue weighted by Gasteiger charge is -2.10. The lowest BCUT2D eigenvalue weighted by molar-refractivity contribution is 0.370. The number of halogens is 2. The fourth-order valence-electron chi connectivity index (χ4n) is 3.60. The summed E-state index contributed by atoms with van der Waals surface area (Å²) in [5, 5.41) is 2.58. The van der Waals surface area contributed by atoms with Crippen LogP contribution in [0.25, 0.3) is 21.8 Å². The first-order chi connectivity index (χ1) is 13.7. The zero-order valence-corrected chi connectivity index (χ0v) is 21.3. The Labute approximate surface area is 189 Å². The molecule has 0 amide bonds. The highest BCUT2D eigenvalue weighted by molar-refractivity contribution is 9.10. The average Bonchev–Trinajstić information content (AvgIpc) is 3.01. The molecule has 3 aromatic rings. The van der Waals surface area contributed by atoms with Crippen LogP contribution in [0, 0.1) is 0 Å². The Morgan fingerprint density at radius 2 is 1.62 bits per heavy atom. The number of fused-ring (bicyclic) bond motifs is 3. The van der Waals surface area contributed by atoms with Gasteiger partial charge in [-0.3, -0.25) is 4.57 Å². The molecule has 0 bridgehead atoms. The second-order valence-corrected chi connectivity index (χ2v) is 10.8. The van der Waals surface area contributed by atoms with Crippen molar-refractivity contribution in [1.29, 1.82) is 0 Å². The predicted molar refractivity (Wildman–Crippen MR) is 131 cm³/mol. The van der Waals surface area contributed by atoms with Crippen LogP contribution in [-0.2, 0) is 17.4 Å². The number of aromatic amines is 1. The van der Waals surface area contributed by atoms with E-state index in [1.54, 1.807) is 0 Å². The number of nitrogens with one attached hydrogen (secondary N) is 1. The molecule has 0 unspecified atom stereocenters. The van der Waals surface area contributed by atoms with E-state index < -0.39 is 7.60 Å². The normalized spacial score (nSPS) is 11.7. The molecular formula is C22H30Br2NO3P. The summed E-state index contributed by atoms with van der Waals surface area (Å²) in [6.45, 7) is 6.50. The van der Waals surface area contributed by atoms with E-state index in [1.807, 2.05) is 0 Å². The Balaban J connectivity index is 0.000000257. The monoisotopic (exact) mass is 545 g/mol. The van der Waals surface area contributed by atoms with Crippen LogP contribution in [0.2, 0.25) is 0 Å². The summed E-state index contributed by atoms with van der Waals surface area (Å²) in [5.74, 6) is 0. The molecule has 0 spiro atoms. The number of aryl methyl sites for hydroxylation is 1. The van der Waals surface area contributed by atoms with Gasteiger partial charge in [0, 0.05) is 31.4 Å². The largest absolute Gasteiger partial charge is 0.354 e. The van der Waals surface area contributed by atoms with Crippen molar-refractivity contribution in [3.63, 3.8) is 0 Å². The standard InChI is InChI=1S/C16H15Br2N.C6H15O3P/c1-3-10-11(4-2)16-13(8-14(10)18)12-7-9(17)5-6-15(12)19-16;1-2-3-4-5-6-10(7,8)9/h5-8,19H,3-4H2,1-2H3;2-6H2,1H3,(H2,7,8,9). The maximum Gasteiger partial charge on any atom is 0.325 e. The maximum atomic E-state index is 10.3. The van der Waals surface area contributed by atoms with Crippen LogP contribution in [0.3, 0.4) is 0 Å². The van der Waals surface area contributed by atoms with Gasteiger partial charge in [-0.25, -0.2) is 0 Å². The first kappa shape index (κ1) is 24.6. The molecule has 0 radical (unpaired) electrons. The van der Waals surface area contributed by atoms with Gasteiger partial charge in [-0.15, -0.1) is 0 Å². The van der Waals surface area contributed by atoms with E-state index in [1.165, 1.54) is 37.4 Å². The van der Waals surface area contributed by atoms with Crippen molar-refractivity contribution in [3.05, 3.63) is 44.3 Å². The molecule has 160 valence electrons. The maximum absolute atomic E-state index is 10.3. The highest BCUT2D eigenvalue weighted by Gasteiger charge is 2.14. The van der Waals surface area contributed by atoms with E-state index in [9.17, 15) is 4.57 Å². The molecule has 0 aliphatic heterocycles. The minimum absolute atomic E-state index is 0.0486. The summed E-state index contributed by atoms with van der Waals surface area (Å²) in [4.78, 5) is 20.4. The molecular weight excluding hydrogens is 517 g/mol. The Kier molecular flexibility index (Phi) is 9.43. The van der Waals surface area contributed by atoms with Crippen LogP contribution in [0.1, 0.15) is 57.6 Å². The van der Waals surface area contributed by atoms with Crippen LogP contribution >= 0.6 is 39.5 Å². The highest BCUT2D eigenvalue weighted by atomic mass is 79.9. The van der Waals surface area contributed by atoms with Gasteiger partial charge < -0.3 is 14.8 Å². The average molecular weight is 547 g/mol. The van der Waals surface area contributed by atoms with Gasteiger partial charge in [0.25, 0.3) is 0 Å². The second-order valence-electron chi connectivity index (χ2n) is 7.21. The Morgan fingerprint density at radius 3 is 2.21 bits per heavy atom. The van der Waals surface area contributed by atoms with Gasteiger partial charge >= 0.3 is 7.60 Å². The summed E-state index contributed by atoms with van der Waals surface area (Å²) in [7, 11) is -3.71. The molecule has 0 saturated heterocycles. The number of H-pyrrole nitrogens is 1. The first-order valence-corrected chi connectivity index (χ1v) is 13.6. The molecule has 0 aliphatic carbocycles. The van der Waals surface area contributed by atoms with E-state index in [0.717, 1.165) is 36.6 Å². The Hall–Kier alpha value is -0.650. The van der Waals surface area contributed by atoms with Crippen molar-refractivity contribution in [2.75, 3.05) is 6.16 Å². The van der Waals surface area contributed by atoms with E-state index in [-0.39, 0.29) is 6.16 Å². The molecule has 0 atom stereocenters. The van der Waals surface area contributed by atoms with Crippen molar-refractivity contribution in [3.8, 4) is 0 Å². The minimum atomic E-state index is -3.71. The third-order valence-electron chi connectivity index (χ3n) is 5.04. The second kappa shape index (κ2) is 11.1. The van der Waals surface area contributed by atoms with Crippen molar-refractivity contribution >= 4 is 61.3 Å². The van der Waals surface area contributed by atoms with Crippen molar-refractivity contribution in [1.82, 2.24) is 4.98 Å². The molecule has 2 aromatic carbocycles. The van der Waals surface area contributed by atoms with Crippen LogP contribution in [0.4, 0.5) is 0 Å². The van der Waals surface area contributed by atoms with Crippen LogP contribution in [0.15, 0.2) is 33.2 Å². The molecule has 7 heteroatoms. The molecule has 29 heavy (non-hydrogen) atoms. The van der Waals surface area contributed by atoms with Crippen molar-refractivity contribution < 1.29 is 14.4 Å². The van der Waals surface area contributed by atoms with Gasteiger partial charge in [0.15, 0.2) is 0 Å². The Morgan fingerprint density at radius 1 is 0.931 bits per heavy atom. The summed E-state index contributed by atoms with van der Waals surface area (Å²) in [5.41, 5.74) is 5.34. The SMILES string of the molecule is CCCCCCP(=O)(O)O.CCc1c(Br)cc2c([nH]c3ccc(Br)cc32)c1CC.